The summed E-state index contributed by atoms with van der Waals surface area (Å²) >= 11 is 0. The van der Waals surface area contributed by atoms with Gasteiger partial charge in [-0.05, 0) is 0 Å². The third-order valence-electron chi connectivity index (χ3n) is 2.14. The van der Waals surface area contributed by atoms with Crippen LogP contribution < -0.4 is 0 Å². The Morgan fingerprint density at radius 1 is 1.71 bits per heavy atom. The van der Waals surface area contributed by atoms with Crippen LogP contribution in [0.15, 0.2) is 0 Å². The highest BCUT2D eigenvalue weighted by molar-refractivity contribution is 5.85. The van der Waals surface area contributed by atoms with Crippen molar-refractivity contribution in [3.63, 3.8) is 0 Å². The van der Waals surface area contributed by atoms with Crippen molar-refractivity contribution in [1.29, 1.82) is 0 Å². The lowest BCUT2D eigenvalue weighted by Crippen LogP contribution is -2.33. The maximum atomic E-state index is 11.3. The minimum absolute atomic E-state index is 0.000500. The van der Waals surface area contributed by atoms with Gasteiger partial charge in [0.1, 0.15) is 6.10 Å². The molecule has 0 aromatic carbocycles. The second kappa shape index (κ2) is 4.41. The van der Waals surface area contributed by atoms with E-state index in [1.54, 1.807) is 13.8 Å². The molecule has 0 radical (unpaired) electrons. The number of ketones is 1. The Kier molecular flexibility index (Phi) is 3.46. The topological polar surface area (TPSA) is 66.8 Å². The Hall–Kier alpha value is -1.10. The number of rotatable bonds is 4. The van der Waals surface area contributed by atoms with Gasteiger partial charge in [0, 0.05) is 5.92 Å². The van der Waals surface area contributed by atoms with Crippen molar-refractivity contribution in [3.8, 4) is 0 Å². The summed E-state index contributed by atoms with van der Waals surface area (Å²) in [6.45, 7) is 3.75. The molecule has 1 atom stereocenters. The standard InChI is InChI=1S/C9H15NO4/c1-6(2)8(12)4-10-3-7(5-11)14-9(10)13/h6-7,11H,3-5H2,1-2H3. The molecule has 1 aliphatic rings. The predicted octanol–water partition coefficient (Wildman–Crippen LogP) is 0.0246. The van der Waals surface area contributed by atoms with E-state index in [-0.39, 0.29) is 24.9 Å². The van der Waals surface area contributed by atoms with Crippen molar-refractivity contribution < 1.29 is 19.4 Å². The molecule has 0 aromatic rings. The highest BCUT2D eigenvalue weighted by Gasteiger charge is 2.32. The van der Waals surface area contributed by atoms with Crippen LogP contribution in [0, 0.1) is 5.92 Å². The highest BCUT2D eigenvalue weighted by atomic mass is 16.6. The third kappa shape index (κ3) is 2.45. The van der Waals surface area contributed by atoms with Crippen molar-refractivity contribution in [3.05, 3.63) is 0 Å². The summed E-state index contributed by atoms with van der Waals surface area (Å²) in [5, 5.41) is 8.76. The van der Waals surface area contributed by atoms with E-state index in [4.69, 9.17) is 9.84 Å². The molecule has 1 heterocycles. The van der Waals surface area contributed by atoms with Crippen LogP contribution in [0.4, 0.5) is 4.79 Å². The number of carbonyl (C=O) groups is 2. The second-order valence-corrected chi connectivity index (χ2v) is 3.69. The lowest BCUT2D eigenvalue weighted by atomic mass is 10.1. The molecule has 1 amide bonds. The van der Waals surface area contributed by atoms with Gasteiger partial charge in [-0.1, -0.05) is 13.8 Å². The number of aliphatic hydroxyl groups is 1. The van der Waals surface area contributed by atoms with Crippen molar-refractivity contribution >= 4 is 11.9 Å². The molecule has 5 nitrogen and oxygen atoms in total. The zero-order valence-electron chi connectivity index (χ0n) is 8.40. The van der Waals surface area contributed by atoms with Gasteiger partial charge in [-0.15, -0.1) is 0 Å². The molecule has 14 heavy (non-hydrogen) atoms. The highest BCUT2D eigenvalue weighted by Crippen LogP contribution is 2.11. The minimum atomic E-state index is -0.516. The Bertz CT molecular complexity index is 239. The van der Waals surface area contributed by atoms with Gasteiger partial charge in [-0.3, -0.25) is 9.69 Å². The number of nitrogens with zero attached hydrogens (tertiary/aromatic N) is 1. The molecule has 1 unspecified atom stereocenters. The van der Waals surface area contributed by atoms with E-state index < -0.39 is 12.2 Å². The largest absolute Gasteiger partial charge is 0.442 e. The average Bonchev–Trinajstić information content (AvgIpc) is 2.47. The predicted molar refractivity (Wildman–Crippen MR) is 48.8 cm³/mol. The number of aliphatic hydroxyl groups excluding tert-OH is 1. The number of hydrogen-bond acceptors (Lipinski definition) is 4. The van der Waals surface area contributed by atoms with Gasteiger partial charge in [-0.2, -0.15) is 0 Å². The molecule has 1 N–H and O–H groups in total. The van der Waals surface area contributed by atoms with Crippen molar-refractivity contribution in [2.75, 3.05) is 19.7 Å². The smallest absolute Gasteiger partial charge is 0.410 e. The van der Waals surface area contributed by atoms with E-state index in [2.05, 4.69) is 0 Å². The Morgan fingerprint density at radius 2 is 2.36 bits per heavy atom. The first-order valence-electron chi connectivity index (χ1n) is 4.63. The Labute approximate surface area is 82.6 Å². The van der Waals surface area contributed by atoms with Crippen LogP contribution in [0.1, 0.15) is 13.8 Å². The zero-order chi connectivity index (χ0) is 10.7. The summed E-state index contributed by atoms with van der Waals surface area (Å²) in [7, 11) is 0. The number of hydrogen-bond donors (Lipinski definition) is 1. The van der Waals surface area contributed by atoms with Gasteiger partial charge in [0.15, 0.2) is 5.78 Å². The van der Waals surface area contributed by atoms with E-state index in [0.29, 0.717) is 6.54 Å². The van der Waals surface area contributed by atoms with Gasteiger partial charge < -0.3 is 9.84 Å². The fourth-order valence-electron chi connectivity index (χ4n) is 1.17. The molecule has 0 aromatic heterocycles. The van der Waals surface area contributed by atoms with Crippen LogP contribution in [-0.4, -0.2) is 47.7 Å². The van der Waals surface area contributed by atoms with Gasteiger partial charge in [0.05, 0.1) is 19.7 Å². The van der Waals surface area contributed by atoms with Crippen molar-refractivity contribution in [2.24, 2.45) is 5.92 Å². The molecule has 0 aliphatic carbocycles. The van der Waals surface area contributed by atoms with Gasteiger partial charge in [0.2, 0.25) is 0 Å². The molecule has 0 spiro atoms. The molecular weight excluding hydrogens is 186 g/mol. The molecule has 5 heteroatoms. The number of amides is 1. The van der Waals surface area contributed by atoms with Gasteiger partial charge >= 0.3 is 6.09 Å². The van der Waals surface area contributed by atoms with Crippen LogP contribution in [0.2, 0.25) is 0 Å². The van der Waals surface area contributed by atoms with Crippen LogP contribution in [0.25, 0.3) is 0 Å². The lowest BCUT2D eigenvalue weighted by molar-refractivity contribution is -0.122. The number of ether oxygens (including phenoxy) is 1. The van der Waals surface area contributed by atoms with E-state index in [1.807, 2.05) is 0 Å². The quantitative estimate of drug-likeness (QED) is 0.696. The summed E-state index contributed by atoms with van der Waals surface area (Å²) in [6.07, 6.45) is -1.000. The molecule has 1 saturated heterocycles. The van der Waals surface area contributed by atoms with Crippen molar-refractivity contribution in [1.82, 2.24) is 4.90 Å². The SMILES string of the molecule is CC(C)C(=O)CN1CC(CO)OC1=O. The lowest BCUT2D eigenvalue weighted by Gasteiger charge is -2.12. The van der Waals surface area contributed by atoms with Crippen LogP contribution >= 0.6 is 0 Å². The molecule has 80 valence electrons. The molecule has 1 aliphatic heterocycles. The summed E-state index contributed by atoms with van der Waals surface area (Å²) in [5.74, 6) is -0.0866. The fraction of sp³-hybridized carbons (Fsp3) is 0.778. The molecule has 0 saturated carbocycles. The first-order chi connectivity index (χ1) is 6.54. The molecule has 0 bridgehead atoms. The third-order valence-corrected chi connectivity index (χ3v) is 2.14. The molecule has 1 fully saturated rings. The van der Waals surface area contributed by atoms with Crippen LogP contribution in [0.3, 0.4) is 0 Å². The first-order valence-corrected chi connectivity index (χ1v) is 4.63. The summed E-state index contributed by atoms with van der Waals surface area (Å²) < 4.78 is 4.79. The van der Waals surface area contributed by atoms with Crippen LogP contribution in [-0.2, 0) is 9.53 Å². The first kappa shape index (κ1) is 11.0. The van der Waals surface area contributed by atoms with Crippen LogP contribution in [0.5, 0.6) is 0 Å². The number of Topliss-reactive ketones (excluding diaryl/α,β-unsaturated/α-hetero) is 1. The Morgan fingerprint density at radius 3 is 2.79 bits per heavy atom. The summed E-state index contributed by atoms with van der Waals surface area (Å²) in [5.41, 5.74) is 0. The van der Waals surface area contributed by atoms with E-state index >= 15 is 0 Å². The zero-order valence-corrected chi connectivity index (χ0v) is 8.40. The van der Waals surface area contributed by atoms with Crippen molar-refractivity contribution in [2.45, 2.75) is 20.0 Å². The number of carbonyl (C=O) groups excluding carboxylic acids is 2. The number of cyclic esters (lactones) is 1. The normalized spacial score (nSPS) is 21.6. The minimum Gasteiger partial charge on any atom is -0.442 e. The average molecular weight is 201 g/mol. The second-order valence-electron chi connectivity index (χ2n) is 3.69. The summed E-state index contributed by atoms with van der Waals surface area (Å²) in [4.78, 5) is 23.8. The monoisotopic (exact) mass is 201 g/mol. The van der Waals surface area contributed by atoms with Gasteiger partial charge in [0.25, 0.3) is 0 Å². The van der Waals surface area contributed by atoms with E-state index in [0.717, 1.165) is 0 Å². The van der Waals surface area contributed by atoms with E-state index in [1.165, 1.54) is 4.90 Å². The van der Waals surface area contributed by atoms with Gasteiger partial charge in [-0.25, -0.2) is 4.79 Å². The Balaban J connectivity index is 2.46. The molecular formula is C9H15NO4. The maximum absolute atomic E-state index is 11.3. The fourth-order valence-corrected chi connectivity index (χ4v) is 1.17. The van der Waals surface area contributed by atoms with E-state index in [9.17, 15) is 9.59 Å². The molecule has 1 rings (SSSR count). The maximum Gasteiger partial charge on any atom is 0.410 e. The summed E-state index contributed by atoms with van der Waals surface area (Å²) in [6, 6.07) is 0.